The lowest BCUT2D eigenvalue weighted by Crippen LogP contribution is -2.31. The van der Waals surface area contributed by atoms with Crippen molar-refractivity contribution in [3.05, 3.63) is 107 Å². The first kappa shape index (κ1) is 26.9. The van der Waals surface area contributed by atoms with E-state index in [-0.39, 0.29) is 11.4 Å². The lowest BCUT2D eigenvalue weighted by atomic mass is 10.2. The number of rotatable bonds is 8. The number of tetrazole rings is 1. The summed E-state index contributed by atoms with van der Waals surface area (Å²) in [5.41, 5.74) is 0.0431. The van der Waals surface area contributed by atoms with Crippen LogP contribution in [0.4, 0.5) is 18.9 Å². The third-order valence-electron chi connectivity index (χ3n) is 5.27. The number of carbonyl (C=O) groups excluding carboxylic acids is 2. The second-order valence-electron chi connectivity index (χ2n) is 8.06. The Morgan fingerprint density at radius 2 is 1.64 bits per heavy atom. The molecule has 198 valence electrons. The quantitative estimate of drug-likeness (QED) is 0.142. The first-order valence-electron chi connectivity index (χ1n) is 11.5. The SMILES string of the molecule is Cc1nnnn1/C(=C\c1ccccc1)C(=O)OCC(=O)N(/N=C/c1ccccc1)c1cccc(C(F)(F)F)c1. The first-order valence-corrected chi connectivity index (χ1v) is 11.5. The summed E-state index contributed by atoms with van der Waals surface area (Å²) in [7, 11) is 0. The molecule has 0 aliphatic heterocycles. The van der Waals surface area contributed by atoms with Crippen molar-refractivity contribution >= 4 is 35.6 Å². The molecule has 9 nitrogen and oxygen atoms in total. The molecule has 4 rings (SSSR count). The van der Waals surface area contributed by atoms with Gasteiger partial charge in [0.1, 0.15) is 0 Å². The van der Waals surface area contributed by atoms with Crippen LogP contribution in [0.25, 0.3) is 11.8 Å². The highest BCUT2D eigenvalue weighted by molar-refractivity contribution is 6.15. The van der Waals surface area contributed by atoms with E-state index in [2.05, 4.69) is 20.6 Å². The molecule has 39 heavy (non-hydrogen) atoms. The summed E-state index contributed by atoms with van der Waals surface area (Å²) in [5.74, 6) is -1.53. The molecular weight excluding hydrogens is 513 g/mol. The van der Waals surface area contributed by atoms with Gasteiger partial charge in [-0.15, -0.1) is 5.10 Å². The lowest BCUT2D eigenvalue weighted by Gasteiger charge is -2.19. The Hall–Kier alpha value is -5.13. The van der Waals surface area contributed by atoms with E-state index in [0.29, 0.717) is 17.0 Å². The standard InChI is InChI=1S/C27H21F3N6O3/c1-19-32-33-34-35(19)24(15-20-9-4-2-5-10-20)26(38)39-18-25(37)36(31-17-21-11-6-3-7-12-21)23-14-8-13-22(16-23)27(28,29)30/h2-17H,18H2,1H3/b24-15-,31-17+. The molecule has 0 aliphatic carbocycles. The highest BCUT2D eigenvalue weighted by Crippen LogP contribution is 2.32. The van der Waals surface area contributed by atoms with E-state index < -0.39 is 30.2 Å². The van der Waals surface area contributed by atoms with Crippen molar-refractivity contribution in [1.82, 2.24) is 20.2 Å². The fourth-order valence-corrected chi connectivity index (χ4v) is 3.38. The number of esters is 1. The molecule has 0 spiro atoms. The number of aryl methyl sites for hydroxylation is 1. The summed E-state index contributed by atoms with van der Waals surface area (Å²) in [5, 5.41) is 16.0. The lowest BCUT2D eigenvalue weighted by molar-refractivity contribution is -0.142. The molecule has 0 bridgehead atoms. The van der Waals surface area contributed by atoms with Gasteiger partial charge in [0.2, 0.25) is 0 Å². The minimum atomic E-state index is -4.64. The van der Waals surface area contributed by atoms with Crippen molar-refractivity contribution in [2.75, 3.05) is 11.6 Å². The summed E-state index contributed by atoms with van der Waals surface area (Å²) in [6, 6.07) is 21.6. The first-order chi connectivity index (χ1) is 18.7. The zero-order chi connectivity index (χ0) is 27.8. The maximum atomic E-state index is 13.3. The van der Waals surface area contributed by atoms with Gasteiger partial charge in [-0.05, 0) is 52.8 Å². The Kier molecular flexibility index (Phi) is 8.24. The number of hydrogen-bond acceptors (Lipinski definition) is 7. The molecule has 0 saturated carbocycles. The van der Waals surface area contributed by atoms with Crippen LogP contribution in [-0.2, 0) is 20.5 Å². The number of ether oxygens (including phenoxy) is 1. The minimum absolute atomic E-state index is 0.0742. The monoisotopic (exact) mass is 534 g/mol. The van der Waals surface area contributed by atoms with Gasteiger partial charge in [-0.1, -0.05) is 66.7 Å². The number of hydrogen-bond donors (Lipinski definition) is 0. The highest BCUT2D eigenvalue weighted by atomic mass is 19.4. The largest absolute Gasteiger partial charge is 0.451 e. The maximum Gasteiger partial charge on any atom is 0.416 e. The summed E-state index contributed by atoms with van der Waals surface area (Å²) in [6.07, 6.45) is -1.85. The average Bonchev–Trinajstić information content (AvgIpc) is 3.36. The van der Waals surface area contributed by atoms with Crippen LogP contribution >= 0.6 is 0 Å². The fraction of sp³-hybridized carbons (Fsp3) is 0.111. The molecule has 0 aliphatic rings. The summed E-state index contributed by atoms with van der Waals surface area (Å²) >= 11 is 0. The van der Waals surface area contributed by atoms with Crippen LogP contribution in [0, 0.1) is 6.92 Å². The Morgan fingerprint density at radius 3 is 2.26 bits per heavy atom. The third kappa shape index (κ3) is 7.01. The number of alkyl halides is 3. The number of anilines is 1. The number of hydrazone groups is 1. The van der Waals surface area contributed by atoms with Gasteiger partial charge in [-0.2, -0.15) is 28.0 Å². The molecule has 1 heterocycles. The fourth-order valence-electron chi connectivity index (χ4n) is 3.38. The second kappa shape index (κ2) is 11.9. The van der Waals surface area contributed by atoms with E-state index in [1.807, 2.05) is 0 Å². The zero-order valence-electron chi connectivity index (χ0n) is 20.5. The van der Waals surface area contributed by atoms with E-state index in [1.54, 1.807) is 67.6 Å². The van der Waals surface area contributed by atoms with Crippen molar-refractivity contribution in [3.63, 3.8) is 0 Å². The minimum Gasteiger partial charge on any atom is -0.451 e. The number of benzene rings is 3. The molecule has 4 aromatic rings. The van der Waals surface area contributed by atoms with Crippen LogP contribution in [0.5, 0.6) is 0 Å². The van der Waals surface area contributed by atoms with E-state index in [9.17, 15) is 22.8 Å². The highest BCUT2D eigenvalue weighted by Gasteiger charge is 2.31. The normalized spacial score (nSPS) is 11.9. The van der Waals surface area contributed by atoms with Crippen LogP contribution in [0.2, 0.25) is 0 Å². The molecule has 0 fully saturated rings. The Labute approximate surface area is 220 Å². The second-order valence-corrected chi connectivity index (χ2v) is 8.06. The molecule has 0 N–H and O–H groups in total. The predicted octanol–water partition coefficient (Wildman–Crippen LogP) is 4.61. The summed E-state index contributed by atoms with van der Waals surface area (Å²) in [4.78, 5) is 26.2. The van der Waals surface area contributed by atoms with Gasteiger partial charge in [0.05, 0.1) is 17.5 Å². The molecule has 3 aromatic carbocycles. The van der Waals surface area contributed by atoms with E-state index in [0.717, 1.165) is 27.9 Å². The number of aromatic nitrogens is 4. The van der Waals surface area contributed by atoms with E-state index in [1.165, 1.54) is 18.4 Å². The number of amides is 1. The number of carbonyl (C=O) groups is 2. The summed E-state index contributed by atoms with van der Waals surface area (Å²) in [6.45, 7) is 0.749. The third-order valence-corrected chi connectivity index (χ3v) is 5.27. The van der Waals surface area contributed by atoms with Crippen molar-refractivity contribution < 1.29 is 27.5 Å². The number of nitrogens with zero attached hydrogens (tertiary/aromatic N) is 6. The molecular formula is C27H21F3N6O3. The molecule has 12 heteroatoms. The molecule has 1 aromatic heterocycles. The topological polar surface area (TPSA) is 103 Å². The Bertz CT molecular complexity index is 1500. The van der Waals surface area contributed by atoms with Crippen LogP contribution < -0.4 is 5.01 Å². The molecule has 0 saturated heterocycles. The van der Waals surface area contributed by atoms with Crippen LogP contribution in [0.1, 0.15) is 22.5 Å². The van der Waals surface area contributed by atoms with Crippen LogP contribution in [-0.4, -0.2) is 44.9 Å². The maximum absolute atomic E-state index is 13.3. The van der Waals surface area contributed by atoms with Gasteiger partial charge in [0.25, 0.3) is 5.91 Å². The molecule has 0 unspecified atom stereocenters. The zero-order valence-corrected chi connectivity index (χ0v) is 20.5. The van der Waals surface area contributed by atoms with Gasteiger partial charge in [0, 0.05) is 0 Å². The molecule has 1 amide bonds. The van der Waals surface area contributed by atoms with Crippen molar-refractivity contribution in [3.8, 4) is 0 Å². The Balaban J connectivity index is 1.60. The Morgan fingerprint density at radius 1 is 0.974 bits per heavy atom. The van der Waals surface area contributed by atoms with Gasteiger partial charge in [-0.3, -0.25) is 4.79 Å². The van der Waals surface area contributed by atoms with Crippen molar-refractivity contribution in [2.24, 2.45) is 5.10 Å². The van der Waals surface area contributed by atoms with Crippen LogP contribution in [0.15, 0.2) is 90.0 Å². The number of halogens is 3. The van der Waals surface area contributed by atoms with Gasteiger partial charge in [0.15, 0.2) is 18.1 Å². The van der Waals surface area contributed by atoms with Gasteiger partial charge in [-0.25, -0.2) is 4.79 Å². The van der Waals surface area contributed by atoms with Gasteiger partial charge >= 0.3 is 12.1 Å². The van der Waals surface area contributed by atoms with E-state index in [4.69, 9.17) is 4.74 Å². The smallest absolute Gasteiger partial charge is 0.416 e. The van der Waals surface area contributed by atoms with Gasteiger partial charge < -0.3 is 4.74 Å². The van der Waals surface area contributed by atoms with E-state index >= 15 is 0 Å². The predicted molar refractivity (Wildman–Crippen MR) is 137 cm³/mol. The molecule has 0 atom stereocenters. The average molecular weight is 534 g/mol. The summed E-state index contributed by atoms with van der Waals surface area (Å²) < 4.78 is 46.4. The molecule has 0 radical (unpaired) electrons. The van der Waals surface area contributed by atoms with Crippen molar-refractivity contribution in [2.45, 2.75) is 13.1 Å². The van der Waals surface area contributed by atoms with Crippen molar-refractivity contribution in [1.29, 1.82) is 0 Å². The van der Waals surface area contributed by atoms with Crippen LogP contribution in [0.3, 0.4) is 0 Å².